The normalized spacial score (nSPS) is 17.2. The van der Waals surface area contributed by atoms with Crippen LogP contribution < -0.4 is 10.2 Å². The molecular weight excluding hydrogens is 338 g/mol. The number of nitrogens with zero attached hydrogens (tertiary/aromatic N) is 3. The summed E-state index contributed by atoms with van der Waals surface area (Å²) in [6, 6.07) is 12.9. The molecule has 1 fully saturated rings. The van der Waals surface area contributed by atoms with Crippen molar-refractivity contribution in [3.63, 3.8) is 0 Å². The number of rotatable bonds is 4. The number of nitrogens with one attached hydrogen (secondary N) is 2. The number of benzene rings is 1. The van der Waals surface area contributed by atoms with E-state index in [1.54, 1.807) is 17.3 Å². The summed E-state index contributed by atoms with van der Waals surface area (Å²) in [5.74, 6) is 0.711. The molecule has 3 heterocycles. The van der Waals surface area contributed by atoms with Gasteiger partial charge in [-0.2, -0.15) is 5.10 Å². The van der Waals surface area contributed by atoms with Crippen LogP contribution in [-0.4, -0.2) is 33.8 Å². The number of hydrogen-bond donors (Lipinski definition) is 2. The summed E-state index contributed by atoms with van der Waals surface area (Å²) in [7, 11) is 0. The predicted molar refractivity (Wildman–Crippen MR) is 96.3 cm³/mol. The van der Waals surface area contributed by atoms with Gasteiger partial charge in [-0.1, -0.05) is 23.7 Å². The van der Waals surface area contributed by atoms with Gasteiger partial charge in [-0.3, -0.25) is 25.1 Å². The molecule has 0 bridgehead atoms. The summed E-state index contributed by atoms with van der Waals surface area (Å²) in [6.07, 6.45) is 4.06. The highest BCUT2D eigenvalue weighted by Gasteiger charge is 2.33. The van der Waals surface area contributed by atoms with E-state index in [0.717, 1.165) is 16.8 Å². The summed E-state index contributed by atoms with van der Waals surface area (Å²) in [5, 5.41) is 11.2. The van der Waals surface area contributed by atoms with Crippen molar-refractivity contribution in [2.45, 2.75) is 12.5 Å². The summed E-state index contributed by atoms with van der Waals surface area (Å²) >= 11 is 5.91. The Bertz CT molecular complexity index is 878. The van der Waals surface area contributed by atoms with Crippen molar-refractivity contribution in [2.75, 3.05) is 11.6 Å². The van der Waals surface area contributed by atoms with Crippen molar-refractivity contribution in [1.29, 1.82) is 0 Å². The second kappa shape index (κ2) is 6.66. The Morgan fingerprint density at radius 3 is 2.68 bits per heavy atom. The van der Waals surface area contributed by atoms with Gasteiger partial charge in [0, 0.05) is 29.0 Å². The number of carbonyl (C=O) groups excluding carboxylic acids is 1. The molecule has 1 amide bonds. The number of pyridine rings is 1. The zero-order valence-electron chi connectivity index (χ0n) is 13.3. The van der Waals surface area contributed by atoms with Crippen molar-refractivity contribution >= 4 is 23.3 Å². The first-order valence-corrected chi connectivity index (χ1v) is 8.33. The van der Waals surface area contributed by atoms with Crippen LogP contribution in [0, 0.1) is 0 Å². The molecule has 126 valence electrons. The van der Waals surface area contributed by atoms with E-state index < -0.39 is 0 Å². The Balaban J connectivity index is 1.48. The quantitative estimate of drug-likeness (QED) is 0.756. The van der Waals surface area contributed by atoms with Crippen molar-refractivity contribution in [2.24, 2.45) is 0 Å². The SMILES string of the molecule is O=C1C(Cc2ccc(Cl)cc2)NCN1c1cc(-c2ccncc2)n[nH]1. The maximum absolute atomic E-state index is 12.7. The van der Waals surface area contributed by atoms with E-state index in [2.05, 4.69) is 20.5 Å². The van der Waals surface area contributed by atoms with E-state index in [1.165, 1.54) is 0 Å². The number of amides is 1. The molecular formula is C18H16ClN5O. The van der Waals surface area contributed by atoms with Gasteiger partial charge in [0.05, 0.1) is 18.4 Å². The molecule has 0 aliphatic carbocycles. The molecule has 1 aliphatic heterocycles. The van der Waals surface area contributed by atoms with Crippen LogP contribution >= 0.6 is 11.6 Å². The molecule has 2 aromatic heterocycles. The minimum Gasteiger partial charge on any atom is -0.288 e. The Kier molecular flexibility index (Phi) is 4.21. The van der Waals surface area contributed by atoms with Gasteiger partial charge in [0.2, 0.25) is 5.91 Å². The van der Waals surface area contributed by atoms with Gasteiger partial charge in [0.1, 0.15) is 5.82 Å². The standard InChI is InChI=1S/C18H16ClN5O/c19-14-3-1-12(2-4-14)9-16-18(25)24(11-21-16)17-10-15(22-23-17)13-5-7-20-8-6-13/h1-8,10,16,21H,9,11H2,(H,22,23). The molecule has 0 spiro atoms. The number of anilines is 1. The Hall–Kier alpha value is -2.70. The van der Waals surface area contributed by atoms with Gasteiger partial charge in [0.25, 0.3) is 0 Å². The van der Waals surface area contributed by atoms with E-state index in [4.69, 9.17) is 11.6 Å². The lowest BCUT2D eigenvalue weighted by Crippen LogP contribution is -2.32. The lowest BCUT2D eigenvalue weighted by Gasteiger charge is -2.12. The zero-order chi connectivity index (χ0) is 17.2. The van der Waals surface area contributed by atoms with E-state index >= 15 is 0 Å². The summed E-state index contributed by atoms with van der Waals surface area (Å²) in [5.41, 5.74) is 2.81. The summed E-state index contributed by atoms with van der Waals surface area (Å²) in [4.78, 5) is 18.4. The molecule has 3 aromatic rings. The van der Waals surface area contributed by atoms with Crippen molar-refractivity contribution in [1.82, 2.24) is 20.5 Å². The van der Waals surface area contributed by atoms with Gasteiger partial charge in [-0.25, -0.2) is 0 Å². The third-order valence-electron chi connectivity index (χ3n) is 4.24. The predicted octanol–water partition coefficient (Wildman–Crippen LogP) is 2.63. The number of aromatic amines is 1. The van der Waals surface area contributed by atoms with Crippen LogP contribution in [0.1, 0.15) is 5.56 Å². The smallest absolute Gasteiger partial charge is 0.246 e. The van der Waals surface area contributed by atoms with Gasteiger partial charge in [-0.05, 0) is 36.2 Å². The van der Waals surface area contributed by atoms with E-state index in [1.807, 2.05) is 42.5 Å². The van der Waals surface area contributed by atoms with Crippen LogP contribution in [0.15, 0.2) is 54.9 Å². The Labute approximate surface area is 149 Å². The fraction of sp³-hybridized carbons (Fsp3) is 0.167. The van der Waals surface area contributed by atoms with Crippen molar-refractivity contribution in [3.8, 4) is 11.3 Å². The molecule has 0 saturated carbocycles. The number of hydrogen-bond acceptors (Lipinski definition) is 4. The second-order valence-electron chi connectivity index (χ2n) is 5.89. The first-order chi connectivity index (χ1) is 12.2. The zero-order valence-corrected chi connectivity index (χ0v) is 14.1. The van der Waals surface area contributed by atoms with Crippen LogP contribution in [0.5, 0.6) is 0 Å². The van der Waals surface area contributed by atoms with E-state index in [9.17, 15) is 4.79 Å². The monoisotopic (exact) mass is 353 g/mol. The molecule has 25 heavy (non-hydrogen) atoms. The molecule has 0 radical (unpaired) electrons. The van der Waals surface area contributed by atoms with Crippen molar-refractivity contribution in [3.05, 3.63) is 65.4 Å². The lowest BCUT2D eigenvalue weighted by atomic mass is 10.1. The molecule has 1 saturated heterocycles. The second-order valence-corrected chi connectivity index (χ2v) is 6.32. The summed E-state index contributed by atoms with van der Waals surface area (Å²) in [6.45, 7) is 0.453. The number of aromatic nitrogens is 3. The molecule has 2 N–H and O–H groups in total. The van der Waals surface area contributed by atoms with Gasteiger partial charge >= 0.3 is 0 Å². The first kappa shape index (κ1) is 15.8. The molecule has 1 atom stereocenters. The van der Waals surface area contributed by atoms with Gasteiger partial charge in [0.15, 0.2) is 0 Å². The maximum atomic E-state index is 12.7. The van der Waals surface area contributed by atoms with Gasteiger partial charge < -0.3 is 0 Å². The minimum absolute atomic E-state index is 0.0277. The Morgan fingerprint density at radius 2 is 1.92 bits per heavy atom. The highest BCUT2D eigenvalue weighted by molar-refractivity contribution is 6.30. The minimum atomic E-state index is -0.256. The molecule has 1 aromatic carbocycles. The molecule has 1 aliphatic rings. The number of H-pyrrole nitrogens is 1. The topological polar surface area (TPSA) is 73.9 Å². The number of halogens is 1. The van der Waals surface area contributed by atoms with Crippen LogP contribution in [0.3, 0.4) is 0 Å². The van der Waals surface area contributed by atoms with E-state index in [-0.39, 0.29) is 11.9 Å². The van der Waals surface area contributed by atoms with Crippen LogP contribution in [-0.2, 0) is 11.2 Å². The fourth-order valence-corrected chi connectivity index (χ4v) is 3.02. The van der Waals surface area contributed by atoms with Crippen LogP contribution in [0.25, 0.3) is 11.3 Å². The maximum Gasteiger partial charge on any atom is 0.246 e. The Morgan fingerprint density at radius 1 is 1.16 bits per heavy atom. The molecule has 4 rings (SSSR count). The lowest BCUT2D eigenvalue weighted by molar-refractivity contribution is -0.118. The number of carbonyl (C=O) groups is 1. The third kappa shape index (κ3) is 3.26. The van der Waals surface area contributed by atoms with Crippen LogP contribution in [0.4, 0.5) is 5.82 Å². The molecule has 6 nitrogen and oxygen atoms in total. The highest BCUT2D eigenvalue weighted by atomic mass is 35.5. The average molecular weight is 354 g/mol. The van der Waals surface area contributed by atoms with E-state index in [0.29, 0.717) is 23.9 Å². The highest BCUT2D eigenvalue weighted by Crippen LogP contribution is 2.23. The first-order valence-electron chi connectivity index (χ1n) is 7.96. The van der Waals surface area contributed by atoms with Crippen LogP contribution in [0.2, 0.25) is 5.02 Å². The average Bonchev–Trinajstić information content (AvgIpc) is 3.25. The van der Waals surface area contributed by atoms with Gasteiger partial charge in [-0.15, -0.1) is 0 Å². The van der Waals surface area contributed by atoms with Crippen molar-refractivity contribution < 1.29 is 4.79 Å². The molecule has 7 heteroatoms. The summed E-state index contributed by atoms with van der Waals surface area (Å²) < 4.78 is 0. The fourth-order valence-electron chi connectivity index (χ4n) is 2.89. The third-order valence-corrected chi connectivity index (χ3v) is 4.50. The molecule has 1 unspecified atom stereocenters. The largest absolute Gasteiger partial charge is 0.288 e.